The molecule has 1 aromatic rings. The van der Waals surface area contributed by atoms with E-state index in [1.54, 1.807) is 6.07 Å². The molecule has 1 rings (SSSR count). The molecule has 0 spiro atoms. The van der Waals surface area contributed by atoms with Crippen molar-refractivity contribution in [2.45, 2.75) is 13.3 Å². The number of aryl methyl sites for hydroxylation is 1. The SMILES string of the molecule is Cc1cc(NCCNC(=O)CCN)nc(Cl)n1. The van der Waals surface area contributed by atoms with Crippen molar-refractivity contribution in [2.75, 3.05) is 25.0 Å². The fraction of sp³-hybridized carbons (Fsp3) is 0.500. The number of amides is 1. The van der Waals surface area contributed by atoms with Crippen LogP contribution < -0.4 is 16.4 Å². The van der Waals surface area contributed by atoms with E-state index >= 15 is 0 Å². The second kappa shape index (κ2) is 7.03. The first-order valence-corrected chi connectivity index (χ1v) is 5.71. The molecule has 0 aromatic carbocycles. The predicted octanol–water partition coefficient (Wildman–Crippen LogP) is 0.315. The molecule has 7 heteroatoms. The maximum atomic E-state index is 11.1. The van der Waals surface area contributed by atoms with E-state index in [9.17, 15) is 4.79 Å². The molecule has 1 heterocycles. The van der Waals surface area contributed by atoms with Crippen LogP contribution in [0.15, 0.2) is 6.07 Å². The number of nitrogens with two attached hydrogens (primary N) is 1. The standard InChI is InChI=1S/C10H16ClN5O/c1-7-6-8(16-10(11)15-7)13-4-5-14-9(17)2-3-12/h6H,2-5,12H2,1H3,(H,14,17)(H,13,15,16). The van der Waals surface area contributed by atoms with Gasteiger partial charge in [-0.3, -0.25) is 4.79 Å². The zero-order chi connectivity index (χ0) is 12.7. The minimum absolute atomic E-state index is 0.0498. The summed E-state index contributed by atoms with van der Waals surface area (Å²) in [6, 6.07) is 1.79. The Kier molecular flexibility index (Phi) is 5.65. The second-order valence-corrected chi connectivity index (χ2v) is 3.82. The molecule has 0 aliphatic carbocycles. The molecule has 17 heavy (non-hydrogen) atoms. The highest BCUT2D eigenvalue weighted by atomic mass is 35.5. The molecule has 4 N–H and O–H groups in total. The van der Waals surface area contributed by atoms with Crippen LogP contribution in [0.3, 0.4) is 0 Å². The molecule has 0 saturated heterocycles. The average Bonchev–Trinajstić information content (AvgIpc) is 2.23. The van der Waals surface area contributed by atoms with Crippen molar-refractivity contribution in [3.63, 3.8) is 0 Å². The first-order chi connectivity index (χ1) is 8.11. The topological polar surface area (TPSA) is 92.9 Å². The Hall–Kier alpha value is -1.40. The van der Waals surface area contributed by atoms with Gasteiger partial charge in [-0.2, -0.15) is 0 Å². The van der Waals surface area contributed by atoms with Gasteiger partial charge in [0.15, 0.2) is 0 Å². The van der Waals surface area contributed by atoms with Gasteiger partial charge >= 0.3 is 0 Å². The van der Waals surface area contributed by atoms with E-state index in [0.717, 1.165) is 5.69 Å². The van der Waals surface area contributed by atoms with Crippen LogP contribution in [0.2, 0.25) is 5.28 Å². The summed E-state index contributed by atoms with van der Waals surface area (Å²) < 4.78 is 0. The summed E-state index contributed by atoms with van der Waals surface area (Å²) in [5.74, 6) is 0.599. The van der Waals surface area contributed by atoms with E-state index in [0.29, 0.717) is 31.9 Å². The monoisotopic (exact) mass is 257 g/mol. The van der Waals surface area contributed by atoms with Gasteiger partial charge in [0, 0.05) is 37.8 Å². The Labute approximate surface area is 105 Å². The smallest absolute Gasteiger partial charge is 0.224 e. The van der Waals surface area contributed by atoms with Crippen LogP contribution in [0, 0.1) is 6.92 Å². The Bertz CT molecular complexity index is 365. The summed E-state index contributed by atoms with van der Waals surface area (Å²) in [4.78, 5) is 19.0. The summed E-state index contributed by atoms with van der Waals surface area (Å²) >= 11 is 5.71. The summed E-state index contributed by atoms with van der Waals surface area (Å²) in [6.45, 7) is 3.28. The third-order valence-electron chi connectivity index (χ3n) is 1.95. The van der Waals surface area contributed by atoms with Crippen LogP contribution in [-0.4, -0.2) is 35.5 Å². The van der Waals surface area contributed by atoms with E-state index in [-0.39, 0.29) is 11.2 Å². The van der Waals surface area contributed by atoms with Gasteiger partial charge < -0.3 is 16.4 Å². The molecular formula is C10H16ClN5O. The number of nitrogens with zero attached hydrogens (tertiary/aromatic N) is 2. The lowest BCUT2D eigenvalue weighted by Crippen LogP contribution is -2.30. The third-order valence-corrected chi connectivity index (χ3v) is 2.12. The van der Waals surface area contributed by atoms with Gasteiger partial charge in [-0.25, -0.2) is 9.97 Å². The lowest BCUT2D eigenvalue weighted by Gasteiger charge is -2.07. The quantitative estimate of drug-likeness (QED) is 0.504. The summed E-state index contributed by atoms with van der Waals surface area (Å²) in [5, 5.41) is 5.98. The van der Waals surface area contributed by atoms with Crippen molar-refractivity contribution in [1.29, 1.82) is 0 Å². The largest absolute Gasteiger partial charge is 0.368 e. The number of carbonyl (C=O) groups is 1. The van der Waals surface area contributed by atoms with Gasteiger partial charge in [0.25, 0.3) is 0 Å². The van der Waals surface area contributed by atoms with E-state index in [1.165, 1.54) is 0 Å². The highest BCUT2D eigenvalue weighted by Crippen LogP contribution is 2.08. The van der Waals surface area contributed by atoms with Crippen molar-refractivity contribution in [1.82, 2.24) is 15.3 Å². The van der Waals surface area contributed by atoms with Gasteiger partial charge in [0.05, 0.1) is 0 Å². The van der Waals surface area contributed by atoms with E-state index in [2.05, 4.69) is 20.6 Å². The van der Waals surface area contributed by atoms with Crippen LogP contribution in [0.5, 0.6) is 0 Å². The Morgan fingerprint density at radius 2 is 2.24 bits per heavy atom. The molecule has 0 unspecified atom stereocenters. The highest BCUT2D eigenvalue weighted by molar-refractivity contribution is 6.28. The molecule has 1 amide bonds. The predicted molar refractivity (Wildman–Crippen MR) is 66.9 cm³/mol. The number of hydrogen-bond acceptors (Lipinski definition) is 5. The summed E-state index contributed by atoms with van der Waals surface area (Å²) in [7, 11) is 0. The fourth-order valence-electron chi connectivity index (χ4n) is 1.23. The molecule has 0 saturated carbocycles. The molecule has 0 fully saturated rings. The van der Waals surface area contributed by atoms with E-state index < -0.39 is 0 Å². The fourth-order valence-corrected chi connectivity index (χ4v) is 1.46. The number of aromatic nitrogens is 2. The third kappa shape index (κ3) is 5.46. The Morgan fingerprint density at radius 3 is 2.88 bits per heavy atom. The maximum absolute atomic E-state index is 11.1. The van der Waals surface area contributed by atoms with Crippen LogP contribution in [0.25, 0.3) is 0 Å². The zero-order valence-electron chi connectivity index (χ0n) is 9.66. The van der Waals surface area contributed by atoms with Crippen LogP contribution in [-0.2, 0) is 4.79 Å². The normalized spacial score (nSPS) is 10.1. The number of carbonyl (C=O) groups excluding carboxylic acids is 1. The summed E-state index contributed by atoms with van der Waals surface area (Å²) in [5.41, 5.74) is 6.04. The van der Waals surface area contributed by atoms with Crippen molar-refractivity contribution in [3.05, 3.63) is 17.0 Å². The minimum Gasteiger partial charge on any atom is -0.368 e. The van der Waals surface area contributed by atoms with Crippen molar-refractivity contribution < 1.29 is 4.79 Å². The summed E-state index contributed by atoms with van der Waals surface area (Å²) in [6.07, 6.45) is 0.346. The van der Waals surface area contributed by atoms with Crippen molar-refractivity contribution in [2.24, 2.45) is 5.73 Å². The number of halogens is 1. The van der Waals surface area contributed by atoms with Gasteiger partial charge in [0.1, 0.15) is 5.82 Å². The number of hydrogen-bond donors (Lipinski definition) is 3. The molecular weight excluding hydrogens is 242 g/mol. The number of nitrogens with one attached hydrogen (secondary N) is 2. The second-order valence-electron chi connectivity index (χ2n) is 3.48. The Balaban J connectivity index is 2.28. The van der Waals surface area contributed by atoms with Gasteiger partial charge in [0.2, 0.25) is 11.2 Å². The van der Waals surface area contributed by atoms with Crippen molar-refractivity contribution >= 4 is 23.3 Å². The van der Waals surface area contributed by atoms with Crippen molar-refractivity contribution in [3.8, 4) is 0 Å². The number of anilines is 1. The van der Waals surface area contributed by atoms with E-state index in [1.807, 2.05) is 6.92 Å². The lowest BCUT2D eigenvalue weighted by atomic mass is 10.4. The van der Waals surface area contributed by atoms with Crippen LogP contribution in [0.1, 0.15) is 12.1 Å². The minimum atomic E-state index is -0.0498. The molecule has 0 atom stereocenters. The van der Waals surface area contributed by atoms with Crippen LogP contribution in [0.4, 0.5) is 5.82 Å². The zero-order valence-corrected chi connectivity index (χ0v) is 10.4. The first-order valence-electron chi connectivity index (χ1n) is 5.33. The lowest BCUT2D eigenvalue weighted by molar-refractivity contribution is -0.120. The van der Waals surface area contributed by atoms with Crippen LogP contribution >= 0.6 is 11.6 Å². The molecule has 0 aliphatic heterocycles. The van der Waals surface area contributed by atoms with Gasteiger partial charge in [-0.15, -0.1) is 0 Å². The molecule has 0 bridgehead atoms. The highest BCUT2D eigenvalue weighted by Gasteiger charge is 2.00. The first kappa shape index (κ1) is 13.7. The average molecular weight is 258 g/mol. The van der Waals surface area contributed by atoms with E-state index in [4.69, 9.17) is 17.3 Å². The molecule has 94 valence electrons. The molecule has 1 aromatic heterocycles. The maximum Gasteiger partial charge on any atom is 0.224 e. The molecule has 0 radical (unpaired) electrons. The Morgan fingerprint density at radius 1 is 1.47 bits per heavy atom. The van der Waals surface area contributed by atoms with Gasteiger partial charge in [-0.1, -0.05) is 0 Å². The van der Waals surface area contributed by atoms with Gasteiger partial charge in [-0.05, 0) is 18.5 Å². The molecule has 6 nitrogen and oxygen atoms in total. The number of rotatable bonds is 6. The molecule has 0 aliphatic rings.